The number of hydrogen-bond donors (Lipinski definition) is 0. The molecule has 2 saturated carbocycles. The molecule has 488 valence electrons. The highest BCUT2D eigenvalue weighted by Crippen LogP contribution is 2.41. The van der Waals surface area contributed by atoms with E-state index in [1.165, 1.54) is 354 Å². The zero-order valence-corrected chi connectivity index (χ0v) is 57.5. The summed E-state index contributed by atoms with van der Waals surface area (Å²) >= 11 is 0. The number of ether oxygens (including phenoxy) is 1. The van der Waals surface area contributed by atoms with E-state index in [9.17, 15) is 0 Å². The van der Waals surface area contributed by atoms with Crippen molar-refractivity contribution in [2.75, 3.05) is 0 Å². The Morgan fingerprint density at radius 3 is 0.793 bits per heavy atom. The third-order valence-electron chi connectivity index (χ3n) is 20.6. The molecule has 0 atom stereocenters. The molecule has 5 heteroatoms. The quantitative estimate of drug-likeness (QED) is 0.0412. The minimum absolute atomic E-state index is 0.472. The van der Waals surface area contributed by atoms with Crippen LogP contribution in [0.3, 0.4) is 0 Å². The first kappa shape index (κ1) is 72.5. The van der Waals surface area contributed by atoms with Crippen LogP contribution in [0, 0.1) is 11.8 Å². The molecule has 2 aliphatic rings. The number of benzene rings is 2. The molecule has 0 aliphatic heterocycles. The Morgan fingerprint density at radius 2 is 0.529 bits per heavy atom. The Labute approximate surface area is 537 Å². The maximum Gasteiger partial charge on any atom is 0.131 e. The largest absolute Gasteiger partial charge is 0.457 e. The summed E-state index contributed by atoms with van der Waals surface area (Å²) in [7, 11) is 0. The number of rotatable bonds is 52. The zero-order chi connectivity index (χ0) is 60.9. The van der Waals surface area contributed by atoms with Crippen molar-refractivity contribution in [2.24, 2.45) is 11.8 Å². The first-order valence-electron chi connectivity index (χ1n) is 38.6. The van der Waals surface area contributed by atoms with E-state index in [0.717, 1.165) is 48.8 Å². The van der Waals surface area contributed by atoms with Gasteiger partial charge in [-0.25, -0.2) is 19.9 Å². The van der Waals surface area contributed by atoms with Crippen LogP contribution in [-0.2, 0) is 38.5 Å². The first-order chi connectivity index (χ1) is 43.0. The van der Waals surface area contributed by atoms with Gasteiger partial charge < -0.3 is 4.74 Å². The molecule has 2 aromatic carbocycles. The fourth-order valence-corrected chi connectivity index (χ4v) is 14.8. The summed E-state index contributed by atoms with van der Waals surface area (Å²) in [4.78, 5) is 20.1. The van der Waals surface area contributed by atoms with Crippen LogP contribution in [-0.4, -0.2) is 19.9 Å². The van der Waals surface area contributed by atoms with Gasteiger partial charge in [-0.15, -0.1) is 0 Å². The first-order valence-corrected chi connectivity index (χ1v) is 38.6. The van der Waals surface area contributed by atoms with E-state index < -0.39 is 0 Å². The lowest BCUT2D eigenvalue weighted by molar-refractivity contribution is 0.312. The van der Waals surface area contributed by atoms with Crippen molar-refractivity contribution in [3.05, 3.63) is 106 Å². The lowest BCUT2D eigenvalue weighted by Crippen LogP contribution is -2.18. The Balaban J connectivity index is 1.06. The lowest BCUT2D eigenvalue weighted by Gasteiger charge is -2.29. The second-order valence-corrected chi connectivity index (χ2v) is 28.5. The summed E-state index contributed by atoms with van der Waals surface area (Å²) in [6.45, 7) is 9.25. The van der Waals surface area contributed by atoms with E-state index in [0.29, 0.717) is 23.7 Å². The van der Waals surface area contributed by atoms with E-state index in [4.69, 9.17) is 24.7 Å². The molecule has 0 bridgehead atoms. The number of aromatic nitrogens is 4. The predicted octanol–water partition coefficient (Wildman–Crippen LogP) is 25.9. The van der Waals surface area contributed by atoms with Crippen LogP contribution < -0.4 is 4.74 Å². The van der Waals surface area contributed by atoms with Crippen LogP contribution in [0.1, 0.15) is 393 Å². The molecule has 0 radical (unpaired) electrons. The minimum Gasteiger partial charge on any atom is -0.457 e. The van der Waals surface area contributed by atoms with Gasteiger partial charge in [0.1, 0.15) is 23.1 Å². The molecule has 5 nitrogen and oxygen atoms in total. The third-order valence-corrected chi connectivity index (χ3v) is 20.6. The lowest BCUT2D eigenvalue weighted by atomic mass is 9.78. The van der Waals surface area contributed by atoms with Crippen LogP contribution in [0.2, 0.25) is 0 Å². The van der Waals surface area contributed by atoms with E-state index in [2.05, 4.69) is 88.9 Å². The van der Waals surface area contributed by atoms with Gasteiger partial charge in [0.05, 0.1) is 0 Å². The monoisotopic (exact) mass is 1190 g/mol. The van der Waals surface area contributed by atoms with Crippen LogP contribution in [0.5, 0.6) is 11.5 Å². The predicted molar refractivity (Wildman–Crippen MR) is 376 cm³/mol. The number of nitrogens with zero attached hydrogens (tertiary/aromatic N) is 4. The molecule has 0 amide bonds. The molecule has 2 aliphatic carbocycles. The molecule has 2 fully saturated rings. The van der Waals surface area contributed by atoms with Crippen molar-refractivity contribution in [1.82, 2.24) is 19.9 Å². The molecule has 0 spiro atoms. The van der Waals surface area contributed by atoms with Crippen molar-refractivity contribution < 1.29 is 4.74 Å². The van der Waals surface area contributed by atoms with Crippen LogP contribution in [0.4, 0.5) is 0 Å². The van der Waals surface area contributed by atoms with Gasteiger partial charge in [0.25, 0.3) is 0 Å². The van der Waals surface area contributed by atoms with Gasteiger partial charge >= 0.3 is 0 Å². The van der Waals surface area contributed by atoms with Crippen molar-refractivity contribution in [3.63, 3.8) is 0 Å². The van der Waals surface area contributed by atoms with Crippen molar-refractivity contribution in [3.8, 4) is 11.5 Å². The fourth-order valence-electron chi connectivity index (χ4n) is 14.8. The molecular weight excluding hydrogens is 1060 g/mol. The topological polar surface area (TPSA) is 60.8 Å². The molecule has 4 aromatic rings. The second-order valence-electron chi connectivity index (χ2n) is 28.5. The Hall–Kier alpha value is -3.60. The number of aryl methyl sites for hydroxylation is 4. The van der Waals surface area contributed by atoms with Crippen molar-refractivity contribution in [1.29, 1.82) is 0 Å². The SMILES string of the molecule is CCCCCCCCCCCCc1cnc([C@H]2CC[C@H](Cc3cc(CCCCCCCCCCCC)ccc3Oc3ccc(CCCCCCCCCCCC)cc3C[C@H]3CC[C@H](c4ncc(CCCCCCCCCCCC)cn4)CC3)CC2)nc1. The van der Waals surface area contributed by atoms with Crippen molar-refractivity contribution in [2.45, 2.75) is 386 Å². The molecule has 0 saturated heterocycles. The highest BCUT2D eigenvalue weighted by Gasteiger charge is 2.28. The van der Waals surface area contributed by atoms with E-state index in [1.807, 2.05) is 0 Å². The normalized spacial score (nSPS) is 17.1. The van der Waals surface area contributed by atoms with Gasteiger partial charge in [-0.3, -0.25) is 0 Å². The Kier molecular flexibility index (Phi) is 39.4. The molecule has 2 heterocycles. The highest BCUT2D eigenvalue weighted by molar-refractivity contribution is 5.45. The maximum atomic E-state index is 7.34. The van der Waals surface area contributed by atoms with Crippen LogP contribution in [0.25, 0.3) is 0 Å². The fraction of sp³-hybridized carbons (Fsp3) is 0.756. The summed E-state index contributed by atoms with van der Waals surface area (Å²) in [5, 5.41) is 0. The molecule has 2 aromatic heterocycles. The molecule has 0 unspecified atom stereocenters. The zero-order valence-electron chi connectivity index (χ0n) is 57.5. The highest BCUT2D eigenvalue weighted by atomic mass is 16.5. The van der Waals surface area contributed by atoms with Gasteiger partial charge in [0.2, 0.25) is 0 Å². The van der Waals surface area contributed by atoms with Gasteiger partial charge in [-0.2, -0.15) is 0 Å². The number of hydrogen-bond acceptors (Lipinski definition) is 5. The van der Waals surface area contributed by atoms with Gasteiger partial charge in [-0.05, 0) is 173 Å². The minimum atomic E-state index is 0.472. The van der Waals surface area contributed by atoms with Gasteiger partial charge in [0.15, 0.2) is 0 Å². The van der Waals surface area contributed by atoms with E-state index >= 15 is 0 Å². The summed E-state index contributed by atoms with van der Waals surface area (Å²) < 4.78 is 7.34. The maximum absolute atomic E-state index is 7.34. The Morgan fingerprint density at radius 1 is 0.287 bits per heavy atom. The summed E-state index contributed by atoms with van der Waals surface area (Å²) in [6.07, 6.45) is 80.1. The molecule has 87 heavy (non-hydrogen) atoms. The standard InChI is InChI=1S/C82H134N4O/c1-5-9-13-17-21-25-29-33-37-41-45-69-53-59-79(77(61-69)63-71-49-55-75(56-50-71)81-83-65-73(66-84-81)47-43-39-35-31-27-23-19-15-11-7-3)87-80-60-54-70(46-42-38-34-30-26-22-18-14-10-6-2)62-78(80)64-72-51-57-76(58-52-72)82-85-67-74(68-86-82)48-44-40-36-32-28-24-20-16-12-8-4/h53-54,59-62,65-68,71-72,75-76H,5-52,55-58,63-64H2,1-4H3/t71-,72-,75-,76-. The average Bonchev–Trinajstić information content (AvgIpc) is 3.49. The smallest absolute Gasteiger partial charge is 0.131 e. The van der Waals surface area contributed by atoms with Gasteiger partial charge in [0, 0.05) is 36.6 Å². The molecule has 0 N–H and O–H groups in total. The number of unbranched alkanes of at least 4 members (excludes halogenated alkanes) is 36. The summed E-state index contributed by atoms with van der Waals surface area (Å²) in [5.41, 5.74) is 8.47. The molecule has 6 rings (SSSR count). The van der Waals surface area contributed by atoms with E-state index in [1.54, 1.807) is 0 Å². The Bertz CT molecular complexity index is 2100. The van der Waals surface area contributed by atoms with E-state index in [-0.39, 0.29) is 0 Å². The van der Waals surface area contributed by atoms with Crippen molar-refractivity contribution >= 4 is 0 Å². The second kappa shape index (κ2) is 47.3. The van der Waals surface area contributed by atoms with Gasteiger partial charge in [-0.1, -0.05) is 283 Å². The summed E-state index contributed by atoms with van der Waals surface area (Å²) in [6, 6.07) is 14.7. The van der Waals surface area contributed by atoms with Crippen LogP contribution >= 0.6 is 0 Å². The van der Waals surface area contributed by atoms with Crippen LogP contribution in [0.15, 0.2) is 61.2 Å². The molecular formula is C82H134N4O. The third kappa shape index (κ3) is 31.3. The average molecular weight is 1190 g/mol. The summed E-state index contributed by atoms with van der Waals surface area (Å²) in [5.74, 6) is 6.58.